The first-order valence-electron chi connectivity index (χ1n) is 12.6. The summed E-state index contributed by atoms with van der Waals surface area (Å²) in [4.78, 5) is 17.1. The van der Waals surface area contributed by atoms with Crippen molar-refractivity contribution in [3.8, 4) is 5.75 Å². The summed E-state index contributed by atoms with van der Waals surface area (Å²) >= 11 is 4.98. The van der Waals surface area contributed by atoms with E-state index in [1.807, 2.05) is 10.6 Å². The van der Waals surface area contributed by atoms with Crippen LogP contribution in [0, 0.1) is 64.1 Å². The van der Waals surface area contributed by atoms with Gasteiger partial charge >= 0.3 is 0 Å². The molecule has 0 spiro atoms. The van der Waals surface area contributed by atoms with E-state index in [1.54, 1.807) is 13.8 Å². The van der Waals surface area contributed by atoms with E-state index in [1.165, 1.54) is 18.2 Å². The van der Waals surface area contributed by atoms with Crippen molar-refractivity contribution < 1.29 is 53.4 Å². The Morgan fingerprint density at radius 2 is 1.33 bits per heavy atom. The topological polar surface area (TPSA) is 75.3 Å². The summed E-state index contributed by atoms with van der Waals surface area (Å²) in [7, 11) is 0. The minimum absolute atomic E-state index is 0.0286. The average molecular weight is 665 g/mol. The number of fused-ring (bicyclic) bond motifs is 1. The Morgan fingerprint density at radius 1 is 0.800 bits per heavy atom. The van der Waals surface area contributed by atoms with Crippen LogP contribution >= 0.6 is 12.2 Å². The maximum absolute atomic E-state index is 14.2. The number of carbonyl (C=O) groups excluding carboxylic acids is 1. The lowest BCUT2D eigenvalue weighted by atomic mass is 10.1. The number of carbonyl (C=O) groups is 1. The average Bonchev–Trinajstić information content (AvgIpc) is 3.01. The van der Waals surface area contributed by atoms with Crippen molar-refractivity contribution >= 4 is 45.5 Å². The predicted octanol–water partition coefficient (Wildman–Crippen LogP) is 7.40. The van der Waals surface area contributed by atoms with Crippen LogP contribution in [0.15, 0.2) is 24.3 Å². The number of ether oxygens (including phenoxy) is 1. The number of benzene rings is 3. The minimum atomic E-state index is -2.38. The predicted molar refractivity (Wildman–Crippen MR) is 146 cm³/mol. The van der Waals surface area contributed by atoms with Crippen LogP contribution in [-0.2, 0) is 6.54 Å². The van der Waals surface area contributed by atoms with Crippen LogP contribution < -0.4 is 20.7 Å². The second-order valence-corrected chi connectivity index (χ2v) is 10.1. The van der Waals surface area contributed by atoms with Crippen LogP contribution in [0.5, 0.6) is 5.75 Å². The van der Waals surface area contributed by atoms with E-state index in [4.69, 9.17) is 17.0 Å². The maximum Gasteiger partial charge on any atom is 0.270 e. The Labute approximate surface area is 252 Å². The molecule has 0 aliphatic carbocycles. The molecule has 0 saturated carbocycles. The van der Waals surface area contributed by atoms with Crippen LogP contribution in [0.4, 0.5) is 55.3 Å². The Morgan fingerprint density at radius 3 is 1.89 bits per heavy atom. The quantitative estimate of drug-likeness (QED) is 0.0790. The smallest absolute Gasteiger partial charge is 0.270 e. The van der Waals surface area contributed by atoms with Gasteiger partial charge in [0.15, 0.2) is 51.7 Å². The molecule has 0 unspecified atom stereocenters. The molecule has 1 heterocycles. The molecular formula is C28H18F10N4O2S. The van der Waals surface area contributed by atoms with Crippen molar-refractivity contribution in [2.24, 2.45) is 5.92 Å². The normalized spacial score (nSPS) is 11.2. The van der Waals surface area contributed by atoms with Gasteiger partial charge in [-0.05, 0) is 30.3 Å². The first-order valence-corrected chi connectivity index (χ1v) is 13.0. The monoisotopic (exact) mass is 664 g/mol. The van der Waals surface area contributed by atoms with Crippen molar-refractivity contribution in [2.45, 2.75) is 20.4 Å². The molecular weight excluding hydrogens is 646 g/mol. The van der Waals surface area contributed by atoms with Gasteiger partial charge in [-0.1, -0.05) is 19.9 Å². The number of hydrogen-bond acceptors (Lipinski definition) is 4. The molecule has 3 aromatic carbocycles. The van der Waals surface area contributed by atoms with Gasteiger partial charge in [0.25, 0.3) is 5.91 Å². The number of rotatable bonds is 8. The number of thiocarbonyl (C=S) groups is 1. The molecule has 0 fully saturated rings. The number of amides is 1. The van der Waals surface area contributed by atoms with Crippen molar-refractivity contribution in [3.63, 3.8) is 0 Å². The highest BCUT2D eigenvalue weighted by Crippen LogP contribution is 2.32. The molecule has 1 amide bonds. The van der Waals surface area contributed by atoms with Gasteiger partial charge in [-0.2, -0.15) is 0 Å². The van der Waals surface area contributed by atoms with E-state index in [2.05, 4.69) is 10.3 Å². The molecule has 0 atom stereocenters. The molecule has 45 heavy (non-hydrogen) atoms. The SMILES string of the molecule is CC(C)COc1cc(C(=O)NCc2c(F)c(F)c(F)c(F)c2F)nc2c(NC(=S)Nc3c(F)c(F)c(F)c(F)c3F)cccc12. The standard InChI is InChI=1S/C28H18F10N4O2S/c1-9(2)8-44-14-6-13(27(43)39-7-11-15(29)17(31)19(33)18(32)16(11)30)40-25-10(14)4-3-5-12(25)41-28(45)42-26-23(37)21(35)20(34)22(36)24(26)38/h3-6,9H,7-8H2,1-2H3,(H,39,43)(H2,41,42,45). The lowest BCUT2D eigenvalue weighted by Crippen LogP contribution is -2.26. The lowest BCUT2D eigenvalue weighted by molar-refractivity contribution is 0.0944. The fourth-order valence-corrected chi connectivity index (χ4v) is 4.07. The van der Waals surface area contributed by atoms with Crippen LogP contribution in [0.3, 0.4) is 0 Å². The Hall–Kier alpha value is -4.67. The Kier molecular flexibility index (Phi) is 9.70. The largest absolute Gasteiger partial charge is 0.493 e. The second-order valence-electron chi connectivity index (χ2n) is 9.67. The zero-order valence-electron chi connectivity index (χ0n) is 22.8. The van der Waals surface area contributed by atoms with E-state index in [9.17, 15) is 48.7 Å². The third kappa shape index (κ3) is 6.57. The van der Waals surface area contributed by atoms with E-state index in [0.717, 1.165) is 6.07 Å². The summed E-state index contributed by atoms with van der Waals surface area (Å²) < 4.78 is 144. The van der Waals surface area contributed by atoms with Gasteiger partial charge in [-0.25, -0.2) is 48.9 Å². The summed E-state index contributed by atoms with van der Waals surface area (Å²) in [6.07, 6.45) is 0. The van der Waals surface area contributed by atoms with Gasteiger partial charge in [0.1, 0.15) is 17.1 Å². The maximum atomic E-state index is 14.2. The van der Waals surface area contributed by atoms with E-state index >= 15 is 0 Å². The number of nitrogens with zero attached hydrogens (tertiary/aromatic N) is 1. The summed E-state index contributed by atoms with van der Waals surface area (Å²) in [5.41, 5.74) is -3.41. The molecule has 0 saturated heterocycles. The third-order valence-corrected chi connectivity index (χ3v) is 6.23. The Bertz CT molecular complexity index is 1800. The minimum Gasteiger partial charge on any atom is -0.493 e. The molecule has 0 aliphatic rings. The van der Waals surface area contributed by atoms with Crippen molar-refractivity contribution in [3.05, 3.63) is 93.7 Å². The number of anilines is 2. The summed E-state index contributed by atoms with van der Waals surface area (Å²) in [5.74, 6) is -23.4. The first kappa shape index (κ1) is 33.2. The number of aromatic nitrogens is 1. The molecule has 3 N–H and O–H groups in total. The van der Waals surface area contributed by atoms with Gasteiger partial charge in [-0.3, -0.25) is 4.79 Å². The van der Waals surface area contributed by atoms with Crippen molar-refractivity contribution in [2.75, 3.05) is 17.2 Å². The lowest BCUT2D eigenvalue weighted by Gasteiger charge is -2.17. The number of pyridine rings is 1. The molecule has 238 valence electrons. The first-order chi connectivity index (χ1) is 21.1. The van der Waals surface area contributed by atoms with Crippen LogP contribution in [0.25, 0.3) is 10.9 Å². The van der Waals surface area contributed by atoms with Crippen LogP contribution in [0.1, 0.15) is 29.9 Å². The zero-order chi connectivity index (χ0) is 33.3. The molecule has 17 heteroatoms. The highest BCUT2D eigenvalue weighted by molar-refractivity contribution is 7.80. The van der Waals surface area contributed by atoms with Crippen molar-refractivity contribution in [1.82, 2.24) is 10.3 Å². The molecule has 4 aromatic rings. The summed E-state index contributed by atoms with van der Waals surface area (Å²) in [6.45, 7) is 2.58. The molecule has 6 nitrogen and oxygen atoms in total. The summed E-state index contributed by atoms with van der Waals surface area (Å²) in [5, 5.41) is 5.93. The fraction of sp³-hybridized carbons (Fsp3) is 0.179. The van der Waals surface area contributed by atoms with Gasteiger partial charge in [0.05, 0.1) is 17.8 Å². The Balaban J connectivity index is 1.70. The zero-order valence-corrected chi connectivity index (χ0v) is 23.6. The van der Waals surface area contributed by atoms with Gasteiger partial charge in [0.2, 0.25) is 11.6 Å². The number of halogens is 10. The van der Waals surface area contributed by atoms with Crippen molar-refractivity contribution in [1.29, 1.82) is 0 Å². The highest BCUT2D eigenvalue weighted by atomic mass is 32.1. The molecule has 0 bridgehead atoms. The van der Waals surface area contributed by atoms with E-state index < -0.39 is 92.7 Å². The number of para-hydroxylation sites is 1. The van der Waals surface area contributed by atoms with Gasteiger partial charge in [-0.15, -0.1) is 0 Å². The summed E-state index contributed by atoms with van der Waals surface area (Å²) in [6, 6.07) is 5.37. The van der Waals surface area contributed by atoms with E-state index in [0.29, 0.717) is 0 Å². The molecule has 0 aliphatic heterocycles. The second kappa shape index (κ2) is 13.1. The van der Waals surface area contributed by atoms with Gasteiger partial charge in [0, 0.05) is 23.6 Å². The molecule has 4 rings (SSSR count). The van der Waals surface area contributed by atoms with Crippen LogP contribution in [0.2, 0.25) is 0 Å². The number of hydrogen-bond donors (Lipinski definition) is 3. The van der Waals surface area contributed by atoms with Gasteiger partial charge < -0.3 is 20.7 Å². The number of nitrogens with one attached hydrogen (secondary N) is 3. The third-order valence-electron chi connectivity index (χ3n) is 6.03. The van der Waals surface area contributed by atoms with Crippen LogP contribution in [-0.4, -0.2) is 22.6 Å². The molecule has 1 aromatic heterocycles. The fourth-order valence-electron chi connectivity index (χ4n) is 3.86. The van der Waals surface area contributed by atoms with E-state index in [-0.39, 0.29) is 34.9 Å². The highest BCUT2D eigenvalue weighted by Gasteiger charge is 2.28. The molecule has 0 radical (unpaired) electrons.